The number of β-amino-alcohol motifs (C(OH)–C–C–N with tert-alkyl or cyclic N) is 1. The first-order valence-electron chi connectivity index (χ1n) is 8.97. The van der Waals surface area contributed by atoms with Crippen molar-refractivity contribution in [3.8, 4) is 0 Å². The minimum absolute atomic E-state index is 0.0395. The Bertz CT molecular complexity index is 967. The number of nitrogens with zero attached hydrogens (tertiary/aromatic N) is 2. The predicted molar refractivity (Wildman–Crippen MR) is 102 cm³/mol. The van der Waals surface area contributed by atoms with Gasteiger partial charge in [0.1, 0.15) is 6.54 Å². The number of benzene rings is 2. The standard InChI is InChI=1S/C21H21N3O3/c25-16-12-23(11-15-6-2-1-3-7-15)20(26)14-24(13-16)21(27)18-10-22-19-9-5-4-8-17(18)19/h1-10,16,22,25H,11-14H2. The van der Waals surface area contributed by atoms with E-state index in [4.69, 9.17) is 0 Å². The van der Waals surface area contributed by atoms with Gasteiger partial charge in [-0.3, -0.25) is 9.59 Å². The van der Waals surface area contributed by atoms with Crippen molar-refractivity contribution in [1.82, 2.24) is 14.8 Å². The first kappa shape index (κ1) is 17.3. The quantitative estimate of drug-likeness (QED) is 0.747. The van der Waals surface area contributed by atoms with E-state index in [1.165, 1.54) is 4.90 Å². The smallest absolute Gasteiger partial charge is 0.256 e. The van der Waals surface area contributed by atoms with E-state index in [0.29, 0.717) is 12.1 Å². The van der Waals surface area contributed by atoms with Gasteiger partial charge in [0.25, 0.3) is 5.91 Å². The number of hydrogen-bond acceptors (Lipinski definition) is 3. The van der Waals surface area contributed by atoms with Crippen LogP contribution >= 0.6 is 0 Å². The van der Waals surface area contributed by atoms with Crippen LogP contribution in [0.15, 0.2) is 60.8 Å². The van der Waals surface area contributed by atoms with E-state index < -0.39 is 6.10 Å². The van der Waals surface area contributed by atoms with Gasteiger partial charge in [0.15, 0.2) is 0 Å². The number of aromatic amines is 1. The molecule has 0 aliphatic carbocycles. The normalized spacial score (nSPS) is 18.0. The van der Waals surface area contributed by atoms with Crippen LogP contribution in [-0.2, 0) is 11.3 Å². The van der Waals surface area contributed by atoms with Crippen molar-refractivity contribution in [1.29, 1.82) is 0 Å². The van der Waals surface area contributed by atoms with Gasteiger partial charge < -0.3 is 19.9 Å². The van der Waals surface area contributed by atoms with Crippen molar-refractivity contribution < 1.29 is 14.7 Å². The lowest BCUT2D eigenvalue weighted by atomic mass is 10.1. The summed E-state index contributed by atoms with van der Waals surface area (Å²) < 4.78 is 0. The van der Waals surface area contributed by atoms with Gasteiger partial charge in [-0.15, -0.1) is 0 Å². The molecule has 27 heavy (non-hydrogen) atoms. The van der Waals surface area contributed by atoms with E-state index in [-0.39, 0.29) is 31.4 Å². The Balaban J connectivity index is 1.54. The largest absolute Gasteiger partial charge is 0.389 e. The topological polar surface area (TPSA) is 76.6 Å². The number of carbonyl (C=O) groups excluding carboxylic acids is 2. The molecule has 1 unspecified atom stereocenters. The number of para-hydroxylation sites is 1. The highest BCUT2D eigenvalue weighted by Crippen LogP contribution is 2.20. The molecule has 2 heterocycles. The summed E-state index contributed by atoms with van der Waals surface area (Å²) in [6.07, 6.45) is 0.880. The van der Waals surface area contributed by atoms with Crippen LogP contribution < -0.4 is 0 Å². The Morgan fingerprint density at radius 1 is 1.07 bits per heavy atom. The Morgan fingerprint density at radius 3 is 2.63 bits per heavy atom. The molecule has 1 aromatic heterocycles. The van der Waals surface area contributed by atoms with Gasteiger partial charge in [-0.1, -0.05) is 48.5 Å². The maximum absolute atomic E-state index is 13.0. The minimum atomic E-state index is -0.783. The van der Waals surface area contributed by atoms with Crippen molar-refractivity contribution in [2.24, 2.45) is 0 Å². The summed E-state index contributed by atoms with van der Waals surface area (Å²) in [4.78, 5) is 31.9. The van der Waals surface area contributed by atoms with E-state index in [0.717, 1.165) is 16.5 Å². The fourth-order valence-corrected chi connectivity index (χ4v) is 3.53. The third kappa shape index (κ3) is 3.57. The molecule has 2 amide bonds. The molecule has 1 aliphatic rings. The summed E-state index contributed by atoms with van der Waals surface area (Å²) in [6.45, 7) is 0.731. The van der Waals surface area contributed by atoms with Crippen LogP contribution in [0.5, 0.6) is 0 Å². The third-order valence-corrected chi connectivity index (χ3v) is 4.86. The van der Waals surface area contributed by atoms with Crippen molar-refractivity contribution in [2.75, 3.05) is 19.6 Å². The average Bonchev–Trinajstić information content (AvgIpc) is 3.05. The van der Waals surface area contributed by atoms with Gasteiger partial charge in [0, 0.05) is 36.7 Å². The average molecular weight is 363 g/mol. The molecule has 138 valence electrons. The minimum Gasteiger partial charge on any atom is -0.389 e. The van der Waals surface area contributed by atoms with E-state index in [2.05, 4.69) is 4.98 Å². The molecule has 2 aromatic carbocycles. The van der Waals surface area contributed by atoms with Crippen LogP contribution in [0, 0.1) is 0 Å². The molecule has 1 saturated heterocycles. The van der Waals surface area contributed by atoms with Crippen molar-refractivity contribution in [2.45, 2.75) is 12.6 Å². The number of hydrogen-bond donors (Lipinski definition) is 2. The number of nitrogens with one attached hydrogen (secondary N) is 1. The molecule has 0 bridgehead atoms. The third-order valence-electron chi connectivity index (χ3n) is 4.86. The fraction of sp³-hybridized carbons (Fsp3) is 0.238. The molecular weight excluding hydrogens is 342 g/mol. The predicted octanol–water partition coefficient (Wildman–Crippen LogP) is 2.01. The number of amides is 2. The van der Waals surface area contributed by atoms with Gasteiger partial charge in [-0.25, -0.2) is 0 Å². The van der Waals surface area contributed by atoms with Crippen molar-refractivity contribution in [3.05, 3.63) is 71.9 Å². The van der Waals surface area contributed by atoms with Gasteiger partial charge in [-0.2, -0.15) is 0 Å². The second-order valence-electron chi connectivity index (χ2n) is 6.85. The maximum atomic E-state index is 13.0. The first-order valence-corrected chi connectivity index (χ1v) is 8.97. The summed E-state index contributed by atoms with van der Waals surface area (Å²) in [5.41, 5.74) is 2.38. The number of aromatic nitrogens is 1. The zero-order valence-electron chi connectivity index (χ0n) is 14.8. The first-order chi connectivity index (χ1) is 13.1. The lowest BCUT2D eigenvalue weighted by Crippen LogP contribution is -2.39. The Hall–Kier alpha value is -3.12. The highest BCUT2D eigenvalue weighted by Gasteiger charge is 2.30. The van der Waals surface area contributed by atoms with Crippen LogP contribution in [0.4, 0.5) is 0 Å². The summed E-state index contributed by atoms with van der Waals surface area (Å²) in [7, 11) is 0. The van der Waals surface area contributed by atoms with E-state index >= 15 is 0 Å². The van der Waals surface area contributed by atoms with Crippen LogP contribution in [-0.4, -0.2) is 57.4 Å². The van der Waals surface area contributed by atoms with Gasteiger partial charge in [-0.05, 0) is 11.6 Å². The van der Waals surface area contributed by atoms with Gasteiger partial charge in [0.2, 0.25) is 5.91 Å². The molecule has 0 radical (unpaired) electrons. The van der Waals surface area contributed by atoms with Gasteiger partial charge in [0.05, 0.1) is 11.7 Å². The summed E-state index contributed by atoms with van der Waals surface area (Å²) in [5.74, 6) is -0.412. The van der Waals surface area contributed by atoms with E-state index in [1.54, 1.807) is 11.1 Å². The molecule has 6 heteroatoms. The molecule has 0 saturated carbocycles. The summed E-state index contributed by atoms with van der Waals surface area (Å²) in [5, 5.41) is 11.2. The lowest BCUT2D eigenvalue weighted by molar-refractivity contribution is -0.131. The SMILES string of the molecule is O=C1CN(C(=O)c2c[nH]c3ccccc23)CC(O)CN1Cc1ccccc1. The van der Waals surface area contributed by atoms with E-state index in [9.17, 15) is 14.7 Å². The number of rotatable bonds is 3. The zero-order valence-corrected chi connectivity index (χ0v) is 14.8. The molecule has 6 nitrogen and oxygen atoms in total. The number of aliphatic hydroxyl groups excluding tert-OH is 1. The highest BCUT2D eigenvalue weighted by molar-refractivity contribution is 6.07. The highest BCUT2D eigenvalue weighted by atomic mass is 16.3. The number of H-pyrrole nitrogens is 1. The molecule has 3 aromatic rings. The second-order valence-corrected chi connectivity index (χ2v) is 6.85. The molecule has 1 atom stereocenters. The number of aliphatic hydroxyl groups is 1. The zero-order chi connectivity index (χ0) is 18.8. The van der Waals surface area contributed by atoms with Crippen molar-refractivity contribution in [3.63, 3.8) is 0 Å². The van der Waals surface area contributed by atoms with E-state index in [1.807, 2.05) is 54.6 Å². The maximum Gasteiger partial charge on any atom is 0.256 e. The summed E-state index contributed by atoms with van der Waals surface area (Å²) in [6, 6.07) is 17.2. The molecule has 1 fully saturated rings. The molecule has 0 spiro atoms. The van der Waals surface area contributed by atoms with Crippen LogP contribution in [0.3, 0.4) is 0 Å². The molecule has 2 N–H and O–H groups in total. The van der Waals surface area contributed by atoms with Crippen molar-refractivity contribution >= 4 is 22.7 Å². The number of fused-ring (bicyclic) bond motifs is 1. The van der Waals surface area contributed by atoms with Gasteiger partial charge >= 0.3 is 0 Å². The fourth-order valence-electron chi connectivity index (χ4n) is 3.53. The van der Waals surface area contributed by atoms with Crippen LogP contribution in [0.1, 0.15) is 15.9 Å². The number of carbonyl (C=O) groups is 2. The Morgan fingerprint density at radius 2 is 1.81 bits per heavy atom. The van der Waals surface area contributed by atoms with Crippen LogP contribution in [0.25, 0.3) is 10.9 Å². The Labute approximate surface area is 157 Å². The summed E-state index contributed by atoms with van der Waals surface area (Å²) >= 11 is 0. The second kappa shape index (κ2) is 7.25. The monoisotopic (exact) mass is 363 g/mol. The lowest BCUT2D eigenvalue weighted by Gasteiger charge is -2.22. The molecular formula is C21H21N3O3. The Kier molecular flexibility index (Phi) is 4.64. The van der Waals surface area contributed by atoms with Crippen LogP contribution in [0.2, 0.25) is 0 Å². The molecule has 1 aliphatic heterocycles. The molecule has 4 rings (SSSR count).